The summed E-state index contributed by atoms with van der Waals surface area (Å²) in [7, 11) is 3.01. The molecule has 1 fully saturated rings. The van der Waals surface area contributed by atoms with E-state index in [1.54, 1.807) is 13.3 Å². The zero-order chi connectivity index (χ0) is 19.4. The fourth-order valence-corrected chi connectivity index (χ4v) is 4.15. The molecule has 1 aromatic carbocycles. The Kier molecular flexibility index (Phi) is 6.19. The van der Waals surface area contributed by atoms with Crippen molar-refractivity contribution in [2.24, 2.45) is 5.41 Å². The number of hydrogen-bond acceptors (Lipinski definition) is 6. The van der Waals surface area contributed by atoms with Gasteiger partial charge >= 0.3 is 5.97 Å². The molecule has 3 rings (SSSR count). The summed E-state index contributed by atoms with van der Waals surface area (Å²) in [6, 6.07) is 5.48. The molecule has 0 amide bonds. The van der Waals surface area contributed by atoms with Crippen molar-refractivity contribution in [3.63, 3.8) is 0 Å². The second-order valence-electron chi connectivity index (χ2n) is 6.98. The fraction of sp³-hybridized carbons (Fsp3) is 0.500. The van der Waals surface area contributed by atoms with Crippen molar-refractivity contribution in [3.8, 4) is 5.75 Å². The van der Waals surface area contributed by atoms with Crippen LogP contribution in [0.2, 0.25) is 5.02 Å². The topological polar surface area (TPSA) is 80.7 Å². The molecule has 0 unspecified atom stereocenters. The second-order valence-corrected chi connectivity index (χ2v) is 7.39. The van der Waals surface area contributed by atoms with Gasteiger partial charge in [0.25, 0.3) is 0 Å². The van der Waals surface area contributed by atoms with E-state index in [0.717, 1.165) is 24.0 Å². The molecule has 0 aliphatic carbocycles. The highest BCUT2D eigenvalue weighted by atomic mass is 35.5. The van der Waals surface area contributed by atoms with Gasteiger partial charge in [-0.15, -0.1) is 0 Å². The van der Waals surface area contributed by atoms with E-state index >= 15 is 0 Å². The standard InChI is InChI=1S/C20H25ClN2O4/c1-26-13-3-4-16-14(11-13)18(15(21)12-23-16)17(24)5-6-20(19(25)27-2)7-9-22-10-8-20/h3-4,11-12,17,22,24H,5-10H2,1-2H3/t17-/m0/s1. The van der Waals surface area contributed by atoms with E-state index in [1.807, 2.05) is 18.2 Å². The van der Waals surface area contributed by atoms with Gasteiger partial charge < -0.3 is 19.9 Å². The Morgan fingerprint density at radius 3 is 2.78 bits per heavy atom. The third-order valence-electron chi connectivity index (χ3n) is 5.48. The maximum Gasteiger partial charge on any atom is 0.311 e. The summed E-state index contributed by atoms with van der Waals surface area (Å²) in [4.78, 5) is 16.7. The number of benzene rings is 1. The van der Waals surface area contributed by atoms with Gasteiger partial charge in [-0.3, -0.25) is 9.78 Å². The molecule has 1 saturated heterocycles. The molecule has 27 heavy (non-hydrogen) atoms. The summed E-state index contributed by atoms with van der Waals surface area (Å²) in [5, 5.41) is 15.4. The van der Waals surface area contributed by atoms with Crippen LogP contribution in [0.25, 0.3) is 10.9 Å². The Hall–Kier alpha value is -1.89. The minimum Gasteiger partial charge on any atom is -0.497 e. The largest absolute Gasteiger partial charge is 0.497 e. The number of aromatic nitrogens is 1. The van der Waals surface area contributed by atoms with E-state index < -0.39 is 11.5 Å². The molecule has 0 bridgehead atoms. The van der Waals surface area contributed by atoms with E-state index in [4.69, 9.17) is 21.1 Å². The van der Waals surface area contributed by atoms with Gasteiger partial charge in [-0.1, -0.05) is 11.6 Å². The lowest BCUT2D eigenvalue weighted by Crippen LogP contribution is -2.43. The Morgan fingerprint density at radius 2 is 2.11 bits per heavy atom. The number of hydrogen-bond donors (Lipinski definition) is 2. The quantitative estimate of drug-likeness (QED) is 0.734. The summed E-state index contributed by atoms with van der Waals surface area (Å²) in [6.07, 6.45) is 3.08. The smallest absolute Gasteiger partial charge is 0.311 e. The van der Waals surface area contributed by atoms with E-state index in [-0.39, 0.29) is 5.97 Å². The van der Waals surface area contributed by atoms with Gasteiger partial charge in [0.1, 0.15) is 5.75 Å². The molecular weight excluding hydrogens is 368 g/mol. The fourth-order valence-electron chi connectivity index (χ4n) is 3.87. The predicted molar refractivity (Wildman–Crippen MR) is 104 cm³/mol. The van der Waals surface area contributed by atoms with Crippen molar-refractivity contribution >= 4 is 28.5 Å². The van der Waals surface area contributed by atoms with Gasteiger partial charge in [-0.05, 0) is 57.0 Å². The van der Waals surface area contributed by atoms with E-state index in [0.29, 0.717) is 42.0 Å². The Morgan fingerprint density at radius 1 is 1.37 bits per heavy atom. The first-order chi connectivity index (χ1) is 13.0. The van der Waals surface area contributed by atoms with Crippen LogP contribution in [0.1, 0.15) is 37.4 Å². The number of halogens is 1. The van der Waals surface area contributed by atoms with Gasteiger partial charge in [0.05, 0.1) is 36.3 Å². The van der Waals surface area contributed by atoms with Crippen LogP contribution in [0.15, 0.2) is 24.4 Å². The Balaban J connectivity index is 1.88. The number of pyridine rings is 1. The molecule has 6 nitrogen and oxygen atoms in total. The highest BCUT2D eigenvalue weighted by Gasteiger charge is 2.40. The molecule has 1 aliphatic heterocycles. The van der Waals surface area contributed by atoms with Crippen LogP contribution in [0, 0.1) is 5.41 Å². The van der Waals surface area contributed by atoms with Crippen LogP contribution < -0.4 is 10.1 Å². The van der Waals surface area contributed by atoms with Crippen LogP contribution >= 0.6 is 11.6 Å². The van der Waals surface area contributed by atoms with Crippen LogP contribution in [-0.2, 0) is 9.53 Å². The number of ether oxygens (including phenoxy) is 2. The zero-order valence-corrected chi connectivity index (χ0v) is 16.4. The van der Waals surface area contributed by atoms with Crippen molar-refractivity contribution in [2.75, 3.05) is 27.3 Å². The Bertz CT molecular complexity index is 821. The van der Waals surface area contributed by atoms with E-state index in [1.165, 1.54) is 7.11 Å². The number of aliphatic hydroxyl groups is 1. The first-order valence-corrected chi connectivity index (χ1v) is 9.48. The predicted octanol–water partition coefficient (Wildman–Crippen LogP) is 3.25. The summed E-state index contributed by atoms with van der Waals surface area (Å²) < 4.78 is 10.3. The SMILES string of the molecule is COC(=O)C1(CC[C@H](O)c2c(Cl)cnc3ccc(OC)cc23)CCNCC1. The van der Waals surface area contributed by atoms with E-state index in [2.05, 4.69) is 10.3 Å². The van der Waals surface area contributed by atoms with Crippen LogP contribution in [0.3, 0.4) is 0 Å². The van der Waals surface area contributed by atoms with Gasteiger partial charge in [0, 0.05) is 17.1 Å². The normalized spacial score (nSPS) is 17.5. The lowest BCUT2D eigenvalue weighted by molar-refractivity contribution is -0.155. The number of nitrogens with zero attached hydrogens (tertiary/aromatic N) is 1. The first kappa shape index (κ1) is 19.9. The van der Waals surface area contributed by atoms with Crippen molar-refractivity contribution in [2.45, 2.75) is 31.8 Å². The average molecular weight is 393 g/mol. The molecule has 1 aliphatic rings. The maximum absolute atomic E-state index is 12.4. The van der Waals surface area contributed by atoms with Crippen molar-refractivity contribution in [1.82, 2.24) is 10.3 Å². The zero-order valence-electron chi connectivity index (χ0n) is 15.6. The summed E-state index contributed by atoms with van der Waals surface area (Å²) in [6.45, 7) is 1.53. The molecule has 7 heteroatoms. The second kappa shape index (κ2) is 8.42. The molecule has 146 valence electrons. The number of aliphatic hydroxyl groups excluding tert-OH is 1. The monoisotopic (exact) mass is 392 g/mol. The highest BCUT2D eigenvalue weighted by Crippen LogP contribution is 2.40. The number of methoxy groups -OCH3 is 2. The number of rotatable bonds is 6. The van der Waals surface area contributed by atoms with Gasteiger partial charge in [-0.25, -0.2) is 0 Å². The summed E-state index contributed by atoms with van der Waals surface area (Å²) in [5.74, 6) is 0.466. The number of carbonyl (C=O) groups excluding carboxylic acids is 1. The van der Waals surface area contributed by atoms with Crippen molar-refractivity contribution < 1.29 is 19.4 Å². The minimum atomic E-state index is -0.813. The molecule has 2 heterocycles. The molecule has 0 spiro atoms. The molecule has 1 aromatic heterocycles. The van der Waals surface area contributed by atoms with Gasteiger partial charge in [0.15, 0.2) is 0 Å². The van der Waals surface area contributed by atoms with Crippen LogP contribution in [0.5, 0.6) is 5.75 Å². The molecule has 1 atom stereocenters. The van der Waals surface area contributed by atoms with Crippen molar-refractivity contribution in [1.29, 1.82) is 0 Å². The number of nitrogens with one attached hydrogen (secondary N) is 1. The van der Waals surface area contributed by atoms with Crippen LogP contribution in [-0.4, -0.2) is 43.4 Å². The van der Waals surface area contributed by atoms with Crippen LogP contribution in [0.4, 0.5) is 0 Å². The number of carbonyl (C=O) groups is 1. The lowest BCUT2D eigenvalue weighted by Gasteiger charge is -2.35. The Labute approximate surface area is 163 Å². The molecule has 2 aromatic rings. The van der Waals surface area contributed by atoms with Crippen molar-refractivity contribution in [3.05, 3.63) is 35.0 Å². The highest BCUT2D eigenvalue weighted by molar-refractivity contribution is 6.32. The lowest BCUT2D eigenvalue weighted by atomic mass is 9.74. The molecule has 2 N–H and O–H groups in total. The summed E-state index contributed by atoms with van der Waals surface area (Å²) in [5.41, 5.74) is 0.793. The summed E-state index contributed by atoms with van der Waals surface area (Å²) >= 11 is 6.37. The van der Waals surface area contributed by atoms with Gasteiger partial charge in [0.2, 0.25) is 0 Å². The number of esters is 1. The molecule has 0 radical (unpaired) electrons. The first-order valence-electron chi connectivity index (χ1n) is 9.10. The number of piperidine rings is 1. The average Bonchev–Trinajstić information content (AvgIpc) is 2.71. The molecular formula is C20H25ClN2O4. The third kappa shape index (κ3) is 4.03. The van der Waals surface area contributed by atoms with Gasteiger partial charge in [-0.2, -0.15) is 0 Å². The molecule has 0 saturated carbocycles. The van der Waals surface area contributed by atoms with E-state index in [9.17, 15) is 9.90 Å². The maximum atomic E-state index is 12.4. The third-order valence-corrected chi connectivity index (χ3v) is 5.78. The minimum absolute atomic E-state index is 0.205. The number of fused-ring (bicyclic) bond motifs is 1.